The van der Waals surface area contributed by atoms with Crippen LogP contribution < -0.4 is 5.19 Å². The lowest BCUT2D eigenvalue weighted by molar-refractivity contribution is 0.281. The van der Waals surface area contributed by atoms with Crippen molar-refractivity contribution in [3.05, 3.63) is 18.1 Å². The van der Waals surface area contributed by atoms with E-state index in [2.05, 4.69) is 19.6 Å². The van der Waals surface area contributed by atoms with E-state index in [1.165, 1.54) is 5.19 Å². The van der Waals surface area contributed by atoms with Gasteiger partial charge in [0, 0.05) is 5.56 Å². The first-order valence-corrected chi connectivity index (χ1v) is 7.22. The molecule has 0 aliphatic heterocycles. The fourth-order valence-corrected chi connectivity index (χ4v) is 2.63. The average Bonchev–Trinajstić information content (AvgIpc) is 2.31. The molecule has 0 saturated heterocycles. The van der Waals surface area contributed by atoms with Gasteiger partial charge in [-0.2, -0.15) is 0 Å². The van der Waals surface area contributed by atoms with E-state index in [9.17, 15) is 0 Å². The SMILES string of the molecule is C[Si](C)(C)c1cocc1CO. The molecular weight excluding hydrogens is 156 g/mol. The fraction of sp³-hybridized carbons (Fsp3) is 0.500. The number of hydrogen-bond acceptors (Lipinski definition) is 2. The van der Waals surface area contributed by atoms with Crippen molar-refractivity contribution in [2.24, 2.45) is 0 Å². The number of hydrogen-bond donors (Lipinski definition) is 1. The Morgan fingerprint density at radius 3 is 2.36 bits per heavy atom. The molecule has 0 bridgehead atoms. The molecule has 0 unspecified atom stereocenters. The van der Waals surface area contributed by atoms with Crippen molar-refractivity contribution >= 4 is 13.3 Å². The topological polar surface area (TPSA) is 33.4 Å². The lowest BCUT2D eigenvalue weighted by Crippen LogP contribution is -2.38. The molecule has 1 aromatic heterocycles. The van der Waals surface area contributed by atoms with Gasteiger partial charge in [-0.25, -0.2) is 0 Å². The zero-order valence-electron chi connectivity index (χ0n) is 7.22. The highest BCUT2D eigenvalue weighted by Gasteiger charge is 2.21. The molecule has 0 aliphatic rings. The van der Waals surface area contributed by atoms with Crippen LogP contribution in [-0.2, 0) is 6.61 Å². The molecule has 0 atom stereocenters. The van der Waals surface area contributed by atoms with Gasteiger partial charge in [-0.15, -0.1) is 0 Å². The van der Waals surface area contributed by atoms with Crippen molar-refractivity contribution in [3.8, 4) is 0 Å². The van der Waals surface area contributed by atoms with Gasteiger partial charge in [-0.1, -0.05) is 19.6 Å². The molecule has 0 amide bonds. The monoisotopic (exact) mass is 170 g/mol. The first kappa shape index (κ1) is 8.55. The minimum absolute atomic E-state index is 0.0934. The second kappa shape index (κ2) is 2.83. The quantitative estimate of drug-likeness (QED) is 0.679. The van der Waals surface area contributed by atoms with Gasteiger partial charge in [0.15, 0.2) is 0 Å². The van der Waals surface area contributed by atoms with Crippen LogP contribution in [0.2, 0.25) is 19.6 Å². The molecule has 0 aromatic carbocycles. The Bertz CT molecular complexity index is 234. The van der Waals surface area contributed by atoms with Gasteiger partial charge in [0.2, 0.25) is 0 Å². The molecule has 2 nitrogen and oxygen atoms in total. The van der Waals surface area contributed by atoms with E-state index in [1.54, 1.807) is 12.5 Å². The first-order chi connectivity index (χ1) is 5.05. The molecule has 1 rings (SSSR count). The summed E-state index contributed by atoms with van der Waals surface area (Å²) in [5.74, 6) is 0. The zero-order valence-corrected chi connectivity index (χ0v) is 8.22. The van der Waals surface area contributed by atoms with Gasteiger partial charge in [-0.3, -0.25) is 0 Å². The molecule has 0 radical (unpaired) electrons. The Balaban J connectivity index is 3.02. The summed E-state index contributed by atoms with van der Waals surface area (Å²) in [5.41, 5.74) is 0.948. The van der Waals surface area contributed by atoms with Crippen LogP contribution in [0, 0.1) is 0 Å². The lowest BCUT2D eigenvalue weighted by Gasteiger charge is -2.14. The highest BCUT2D eigenvalue weighted by Crippen LogP contribution is 2.07. The number of rotatable bonds is 2. The summed E-state index contributed by atoms with van der Waals surface area (Å²) in [6.45, 7) is 6.79. The van der Waals surface area contributed by atoms with Crippen molar-refractivity contribution in [2.45, 2.75) is 26.2 Å². The van der Waals surface area contributed by atoms with Crippen LogP contribution in [0.1, 0.15) is 5.56 Å². The van der Waals surface area contributed by atoms with Crippen LogP contribution in [0.5, 0.6) is 0 Å². The van der Waals surface area contributed by atoms with E-state index in [-0.39, 0.29) is 6.61 Å². The highest BCUT2D eigenvalue weighted by atomic mass is 28.3. The second-order valence-corrected chi connectivity index (χ2v) is 8.76. The Morgan fingerprint density at radius 2 is 2.00 bits per heavy atom. The first-order valence-electron chi connectivity index (χ1n) is 3.72. The molecule has 62 valence electrons. The molecule has 3 heteroatoms. The molecule has 11 heavy (non-hydrogen) atoms. The standard InChI is InChI=1S/C8H14O2Si/c1-11(2,3)8-6-10-5-7(8)4-9/h5-6,9H,4H2,1-3H3. The third kappa shape index (κ3) is 1.73. The van der Waals surface area contributed by atoms with Crippen molar-refractivity contribution in [1.29, 1.82) is 0 Å². The van der Waals surface area contributed by atoms with Gasteiger partial charge in [-0.05, 0) is 5.19 Å². The number of furan rings is 1. The van der Waals surface area contributed by atoms with Crippen LogP contribution in [0.25, 0.3) is 0 Å². The van der Waals surface area contributed by atoms with Gasteiger partial charge < -0.3 is 9.52 Å². The maximum absolute atomic E-state index is 8.93. The average molecular weight is 170 g/mol. The van der Waals surface area contributed by atoms with Crippen molar-refractivity contribution in [2.75, 3.05) is 0 Å². The minimum Gasteiger partial charge on any atom is -0.472 e. The molecule has 1 aromatic rings. The van der Waals surface area contributed by atoms with Crippen molar-refractivity contribution in [1.82, 2.24) is 0 Å². The van der Waals surface area contributed by atoms with Crippen molar-refractivity contribution < 1.29 is 9.52 Å². The Hall–Kier alpha value is -0.543. The summed E-state index contributed by atoms with van der Waals surface area (Å²) in [6.07, 6.45) is 3.39. The van der Waals surface area contributed by atoms with Crippen molar-refractivity contribution in [3.63, 3.8) is 0 Å². The van der Waals surface area contributed by atoms with Gasteiger partial charge in [0.25, 0.3) is 0 Å². The van der Waals surface area contributed by atoms with Crippen LogP contribution in [-0.4, -0.2) is 13.2 Å². The Morgan fingerprint density at radius 1 is 1.36 bits per heavy atom. The smallest absolute Gasteiger partial charge is 0.0956 e. The molecule has 1 N–H and O–H groups in total. The Labute approximate surface area is 67.9 Å². The van der Waals surface area contributed by atoms with Crippen LogP contribution >= 0.6 is 0 Å². The molecule has 0 spiro atoms. The minimum atomic E-state index is -1.30. The van der Waals surface area contributed by atoms with E-state index in [0.717, 1.165) is 5.56 Å². The zero-order chi connectivity index (χ0) is 8.48. The molecule has 1 heterocycles. The largest absolute Gasteiger partial charge is 0.472 e. The van der Waals surface area contributed by atoms with E-state index in [1.807, 2.05) is 0 Å². The van der Waals surface area contributed by atoms with E-state index in [4.69, 9.17) is 9.52 Å². The maximum atomic E-state index is 8.93. The lowest BCUT2D eigenvalue weighted by atomic mass is 10.4. The number of aliphatic hydroxyl groups is 1. The van der Waals surface area contributed by atoms with Gasteiger partial charge in [0.05, 0.1) is 27.2 Å². The van der Waals surface area contributed by atoms with Crippen LogP contribution in [0.4, 0.5) is 0 Å². The fourth-order valence-electron chi connectivity index (χ4n) is 1.10. The Kier molecular flexibility index (Phi) is 2.20. The number of aliphatic hydroxyl groups excluding tert-OH is 1. The molecule has 0 saturated carbocycles. The predicted octanol–water partition coefficient (Wildman–Crippen LogP) is 1.32. The van der Waals surface area contributed by atoms with Gasteiger partial charge >= 0.3 is 0 Å². The third-order valence-corrected chi connectivity index (χ3v) is 3.78. The summed E-state index contributed by atoms with van der Waals surface area (Å²) in [4.78, 5) is 0. The summed E-state index contributed by atoms with van der Waals surface area (Å²) in [5, 5.41) is 10.2. The highest BCUT2D eigenvalue weighted by molar-refractivity contribution is 6.89. The molecule has 0 fully saturated rings. The van der Waals surface area contributed by atoms with E-state index >= 15 is 0 Å². The van der Waals surface area contributed by atoms with E-state index < -0.39 is 8.07 Å². The van der Waals surface area contributed by atoms with Crippen LogP contribution in [0.3, 0.4) is 0 Å². The van der Waals surface area contributed by atoms with Gasteiger partial charge in [0.1, 0.15) is 0 Å². The third-order valence-electron chi connectivity index (χ3n) is 1.72. The molecule has 0 aliphatic carbocycles. The summed E-state index contributed by atoms with van der Waals surface area (Å²) >= 11 is 0. The summed E-state index contributed by atoms with van der Waals surface area (Å²) in [7, 11) is -1.30. The predicted molar refractivity (Wildman–Crippen MR) is 47.6 cm³/mol. The maximum Gasteiger partial charge on any atom is 0.0956 e. The molecular formula is C8H14O2Si. The normalized spacial score (nSPS) is 12.0. The van der Waals surface area contributed by atoms with E-state index in [0.29, 0.717) is 0 Å². The van der Waals surface area contributed by atoms with Crippen LogP contribution in [0.15, 0.2) is 16.9 Å². The second-order valence-electron chi connectivity index (χ2n) is 3.72. The summed E-state index contributed by atoms with van der Waals surface area (Å²) < 4.78 is 5.04. The summed E-state index contributed by atoms with van der Waals surface area (Å²) in [6, 6.07) is 0.